The lowest BCUT2D eigenvalue weighted by molar-refractivity contribution is -0.134. The van der Waals surface area contributed by atoms with E-state index in [0.29, 0.717) is 42.8 Å². The standard InChI is InChI=1S/C24H36N4O5/c1-5-22(29)26-16-7-10-20-18(13-16)24(31)28(4)19-9-8-17(33-21(19)15-32-20)14-23(30)25-11-6-12-27(2)3/h7,10,13,17,19,21H,5-6,8-9,11-12,14-15H2,1-4H3,(H,25,30)(H,26,29)/t17-,19+,21+/m1/s1. The van der Waals surface area contributed by atoms with Crippen molar-refractivity contribution in [2.45, 2.75) is 57.3 Å². The quantitative estimate of drug-likeness (QED) is 0.575. The van der Waals surface area contributed by atoms with E-state index in [1.165, 1.54) is 0 Å². The van der Waals surface area contributed by atoms with Gasteiger partial charge in [-0.15, -0.1) is 0 Å². The highest BCUT2D eigenvalue weighted by atomic mass is 16.5. The summed E-state index contributed by atoms with van der Waals surface area (Å²) < 4.78 is 12.2. The molecular formula is C24H36N4O5. The van der Waals surface area contributed by atoms with E-state index in [9.17, 15) is 14.4 Å². The lowest BCUT2D eigenvalue weighted by Gasteiger charge is -2.42. The van der Waals surface area contributed by atoms with E-state index in [1.54, 1.807) is 37.1 Å². The highest BCUT2D eigenvalue weighted by Gasteiger charge is 2.39. The van der Waals surface area contributed by atoms with Gasteiger partial charge in [-0.2, -0.15) is 0 Å². The summed E-state index contributed by atoms with van der Waals surface area (Å²) in [5.74, 6) is 0.161. The topological polar surface area (TPSA) is 100 Å². The first-order valence-electron chi connectivity index (χ1n) is 11.7. The first-order chi connectivity index (χ1) is 15.8. The Kier molecular flexibility index (Phi) is 8.68. The van der Waals surface area contributed by atoms with Crippen LogP contribution in [0.3, 0.4) is 0 Å². The Morgan fingerprint density at radius 3 is 2.73 bits per heavy atom. The van der Waals surface area contributed by atoms with Crippen LogP contribution in [0.4, 0.5) is 5.69 Å². The number of carbonyl (C=O) groups excluding carboxylic acids is 3. The molecule has 182 valence electrons. The van der Waals surface area contributed by atoms with E-state index < -0.39 is 0 Å². The second-order valence-corrected chi connectivity index (χ2v) is 8.99. The summed E-state index contributed by atoms with van der Waals surface area (Å²) in [6, 6.07) is 4.95. The summed E-state index contributed by atoms with van der Waals surface area (Å²) in [5, 5.41) is 5.75. The molecule has 2 aliphatic rings. The molecule has 3 amide bonds. The van der Waals surface area contributed by atoms with E-state index >= 15 is 0 Å². The number of ether oxygens (including phenoxy) is 2. The van der Waals surface area contributed by atoms with Crippen molar-refractivity contribution in [3.8, 4) is 5.75 Å². The van der Waals surface area contributed by atoms with E-state index in [-0.39, 0.29) is 42.6 Å². The third-order valence-electron chi connectivity index (χ3n) is 6.13. The Balaban J connectivity index is 1.62. The third kappa shape index (κ3) is 6.68. The number of nitrogens with zero attached hydrogens (tertiary/aromatic N) is 2. The molecule has 0 unspecified atom stereocenters. The molecule has 1 aromatic carbocycles. The fourth-order valence-electron chi connectivity index (χ4n) is 4.26. The van der Waals surface area contributed by atoms with Crippen LogP contribution in [0.2, 0.25) is 0 Å². The van der Waals surface area contributed by atoms with Crippen LogP contribution in [0.15, 0.2) is 18.2 Å². The summed E-state index contributed by atoms with van der Waals surface area (Å²) in [4.78, 5) is 41.1. The SMILES string of the molecule is CCC(=O)Nc1ccc2c(c1)C(=O)N(C)[C@H]1CC[C@H](CC(=O)NCCCN(C)C)O[C@H]1CO2. The summed E-state index contributed by atoms with van der Waals surface area (Å²) in [5.41, 5.74) is 0.990. The largest absolute Gasteiger partial charge is 0.490 e. The minimum Gasteiger partial charge on any atom is -0.490 e. The number of amides is 3. The van der Waals surface area contributed by atoms with Gasteiger partial charge in [0, 0.05) is 25.7 Å². The van der Waals surface area contributed by atoms with Gasteiger partial charge < -0.3 is 29.9 Å². The summed E-state index contributed by atoms with van der Waals surface area (Å²) in [6.45, 7) is 3.64. The van der Waals surface area contributed by atoms with Crippen molar-refractivity contribution < 1.29 is 23.9 Å². The molecule has 0 spiro atoms. The summed E-state index contributed by atoms with van der Waals surface area (Å²) >= 11 is 0. The Morgan fingerprint density at radius 2 is 2.00 bits per heavy atom. The van der Waals surface area contributed by atoms with Crippen LogP contribution in [0.1, 0.15) is 49.4 Å². The molecule has 3 atom stereocenters. The minimum absolute atomic E-state index is 0.0135. The maximum atomic E-state index is 13.2. The number of hydrogen-bond donors (Lipinski definition) is 2. The van der Waals surface area contributed by atoms with E-state index in [2.05, 4.69) is 15.5 Å². The molecule has 0 saturated carbocycles. The Labute approximate surface area is 195 Å². The Morgan fingerprint density at radius 1 is 1.21 bits per heavy atom. The van der Waals surface area contributed by atoms with Gasteiger partial charge in [-0.25, -0.2) is 0 Å². The maximum absolute atomic E-state index is 13.2. The molecule has 0 bridgehead atoms. The molecule has 1 fully saturated rings. The highest BCUT2D eigenvalue weighted by Crippen LogP contribution is 2.32. The second kappa shape index (κ2) is 11.5. The van der Waals surface area contributed by atoms with Crippen LogP contribution in [0, 0.1) is 0 Å². The van der Waals surface area contributed by atoms with Gasteiger partial charge in [0.25, 0.3) is 5.91 Å². The van der Waals surface area contributed by atoms with Crippen molar-refractivity contribution in [3.63, 3.8) is 0 Å². The molecule has 3 rings (SSSR count). The number of benzene rings is 1. The Bertz CT molecular complexity index is 859. The fraction of sp³-hybridized carbons (Fsp3) is 0.625. The zero-order valence-corrected chi connectivity index (χ0v) is 20.1. The molecule has 33 heavy (non-hydrogen) atoms. The summed E-state index contributed by atoms with van der Waals surface area (Å²) in [6.07, 6.45) is 2.49. The number of rotatable bonds is 8. The van der Waals surface area contributed by atoms with Crippen LogP contribution >= 0.6 is 0 Å². The zero-order valence-electron chi connectivity index (χ0n) is 20.1. The minimum atomic E-state index is -0.313. The fourth-order valence-corrected chi connectivity index (χ4v) is 4.26. The number of fused-ring (bicyclic) bond motifs is 2. The molecule has 1 saturated heterocycles. The zero-order chi connectivity index (χ0) is 24.0. The normalized spacial score (nSPS) is 22.5. The first-order valence-corrected chi connectivity index (χ1v) is 11.7. The predicted molar refractivity (Wildman–Crippen MR) is 125 cm³/mol. The van der Waals surface area contributed by atoms with Gasteiger partial charge in [-0.3, -0.25) is 14.4 Å². The van der Waals surface area contributed by atoms with Crippen molar-refractivity contribution in [1.29, 1.82) is 0 Å². The van der Waals surface area contributed by atoms with Gasteiger partial charge in [0.15, 0.2) is 0 Å². The smallest absolute Gasteiger partial charge is 0.257 e. The average molecular weight is 461 g/mol. The van der Waals surface area contributed by atoms with Crippen molar-refractivity contribution in [2.75, 3.05) is 46.2 Å². The van der Waals surface area contributed by atoms with Gasteiger partial charge in [-0.05, 0) is 58.1 Å². The number of nitrogens with one attached hydrogen (secondary N) is 2. The lowest BCUT2D eigenvalue weighted by Crippen LogP contribution is -2.54. The van der Waals surface area contributed by atoms with E-state index in [4.69, 9.17) is 9.47 Å². The van der Waals surface area contributed by atoms with Crippen molar-refractivity contribution >= 4 is 23.4 Å². The number of carbonyl (C=O) groups is 3. The molecule has 0 aromatic heterocycles. The van der Waals surface area contributed by atoms with Gasteiger partial charge in [0.05, 0.1) is 24.1 Å². The third-order valence-corrected chi connectivity index (χ3v) is 6.13. The van der Waals surface area contributed by atoms with Crippen molar-refractivity contribution in [3.05, 3.63) is 23.8 Å². The Hall–Kier alpha value is -2.65. The van der Waals surface area contributed by atoms with Crippen LogP contribution in [-0.2, 0) is 14.3 Å². The molecule has 0 aliphatic carbocycles. The number of anilines is 1. The van der Waals surface area contributed by atoms with Crippen LogP contribution < -0.4 is 15.4 Å². The van der Waals surface area contributed by atoms with Crippen LogP contribution in [-0.4, -0.2) is 86.6 Å². The number of likely N-dealkylation sites (N-methyl/N-ethyl adjacent to an activating group) is 1. The maximum Gasteiger partial charge on any atom is 0.257 e. The molecule has 2 aliphatic heterocycles. The molecule has 9 nitrogen and oxygen atoms in total. The molecular weight excluding hydrogens is 424 g/mol. The molecule has 1 aromatic rings. The molecule has 9 heteroatoms. The number of hydrogen-bond acceptors (Lipinski definition) is 6. The monoisotopic (exact) mass is 460 g/mol. The molecule has 2 N–H and O–H groups in total. The first kappa shape index (κ1) is 25.0. The second-order valence-electron chi connectivity index (χ2n) is 8.99. The van der Waals surface area contributed by atoms with Gasteiger partial charge >= 0.3 is 0 Å². The van der Waals surface area contributed by atoms with Gasteiger partial charge in [-0.1, -0.05) is 6.92 Å². The predicted octanol–water partition coefficient (Wildman–Crippen LogP) is 1.87. The van der Waals surface area contributed by atoms with E-state index in [1.807, 2.05) is 14.1 Å². The van der Waals surface area contributed by atoms with Crippen LogP contribution in [0.5, 0.6) is 5.75 Å². The average Bonchev–Trinajstić information content (AvgIpc) is 2.79. The van der Waals surface area contributed by atoms with Crippen LogP contribution in [0.25, 0.3) is 0 Å². The molecule has 0 radical (unpaired) electrons. The highest BCUT2D eigenvalue weighted by molar-refractivity contribution is 5.99. The van der Waals surface area contributed by atoms with Gasteiger partial charge in [0.2, 0.25) is 11.8 Å². The van der Waals surface area contributed by atoms with Crippen molar-refractivity contribution in [1.82, 2.24) is 15.1 Å². The van der Waals surface area contributed by atoms with Crippen molar-refractivity contribution in [2.24, 2.45) is 0 Å². The molecule has 2 heterocycles. The summed E-state index contributed by atoms with van der Waals surface area (Å²) in [7, 11) is 5.79. The van der Waals surface area contributed by atoms with E-state index in [0.717, 1.165) is 19.4 Å². The van der Waals surface area contributed by atoms with Gasteiger partial charge in [0.1, 0.15) is 18.5 Å². The lowest BCUT2D eigenvalue weighted by atomic mass is 9.94.